The first-order chi connectivity index (χ1) is 13.7. The quantitative estimate of drug-likeness (QED) is 0.344. The summed E-state index contributed by atoms with van der Waals surface area (Å²) in [6.45, 7) is 0.441. The SMILES string of the molecule is O=S(=O)(c1ccccc1)n1cc(OCOCc2ccccc2)c2ccccc21. The van der Waals surface area contributed by atoms with Gasteiger partial charge in [-0.05, 0) is 29.8 Å². The minimum Gasteiger partial charge on any atom is -0.465 e. The zero-order chi connectivity index (χ0) is 19.4. The van der Waals surface area contributed by atoms with Gasteiger partial charge in [0.1, 0.15) is 5.75 Å². The molecule has 5 nitrogen and oxygen atoms in total. The van der Waals surface area contributed by atoms with Crippen LogP contribution in [0.15, 0.2) is 96.0 Å². The van der Waals surface area contributed by atoms with Gasteiger partial charge in [-0.25, -0.2) is 12.4 Å². The van der Waals surface area contributed by atoms with Crippen molar-refractivity contribution in [3.05, 3.63) is 96.7 Å². The largest absolute Gasteiger partial charge is 0.465 e. The molecule has 0 aliphatic heterocycles. The molecule has 0 bridgehead atoms. The second kappa shape index (κ2) is 7.88. The lowest BCUT2D eigenvalue weighted by atomic mass is 10.2. The normalized spacial score (nSPS) is 11.6. The molecular formula is C22H19NO4S. The first-order valence-electron chi connectivity index (χ1n) is 8.81. The van der Waals surface area contributed by atoms with Crippen LogP contribution in [-0.2, 0) is 21.4 Å². The van der Waals surface area contributed by atoms with Crippen molar-refractivity contribution in [2.75, 3.05) is 6.79 Å². The van der Waals surface area contributed by atoms with E-state index in [2.05, 4.69) is 0 Å². The van der Waals surface area contributed by atoms with E-state index in [9.17, 15) is 8.42 Å². The van der Waals surface area contributed by atoms with Crippen molar-refractivity contribution >= 4 is 20.9 Å². The highest BCUT2D eigenvalue weighted by Gasteiger charge is 2.21. The minimum absolute atomic E-state index is 0.0221. The third-order valence-electron chi connectivity index (χ3n) is 4.35. The average Bonchev–Trinajstić information content (AvgIpc) is 3.12. The van der Waals surface area contributed by atoms with Gasteiger partial charge in [-0.2, -0.15) is 0 Å². The summed E-state index contributed by atoms with van der Waals surface area (Å²) in [5, 5.41) is 0.713. The standard InChI is InChI=1S/C22H19NO4S/c24-28(25,19-11-5-2-6-12-19)23-15-22(20-13-7-8-14-21(20)23)27-17-26-16-18-9-3-1-4-10-18/h1-15H,16-17H2. The second-order valence-corrected chi connectivity index (χ2v) is 8.04. The van der Waals surface area contributed by atoms with Crippen LogP contribution in [0.1, 0.15) is 5.56 Å². The van der Waals surface area contributed by atoms with Crippen LogP contribution >= 0.6 is 0 Å². The van der Waals surface area contributed by atoms with Crippen LogP contribution in [0, 0.1) is 0 Å². The summed E-state index contributed by atoms with van der Waals surface area (Å²) in [6, 6.07) is 25.4. The van der Waals surface area contributed by atoms with E-state index in [1.165, 1.54) is 10.2 Å². The summed E-state index contributed by atoms with van der Waals surface area (Å²) >= 11 is 0. The highest BCUT2D eigenvalue weighted by atomic mass is 32.2. The third-order valence-corrected chi connectivity index (χ3v) is 6.04. The predicted molar refractivity (Wildman–Crippen MR) is 108 cm³/mol. The number of hydrogen-bond donors (Lipinski definition) is 0. The van der Waals surface area contributed by atoms with E-state index in [4.69, 9.17) is 9.47 Å². The van der Waals surface area contributed by atoms with Gasteiger partial charge in [0, 0.05) is 5.39 Å². The van der Waals surface area contributed by atoms with Gasteiger partial charge >= 0.3 is 0 Å². The summed E-state index contributed by atoms with van der Waals surface area (Å²) in [6.07, 6.45) is 1.50. The van der Waals surface area contributed by atoms with E-state index in [1.807, 2.05) is 42.5 Å². The van der Waals surface area contributed by atoms with Gasteiger partial charge in [0.05, 0.1) is 23.2 Å². The molecule has 0 radical (unpaired) electrons. The molecule has 1 heterocycles. The molecular weight excluding hydrogens is 374 g/mol. The molecule has 0 saturated carbocycles. The number of nitrogens with zero attached hydrogens (tertiary/aromatic N) is 1. The van der Waals surface area contributed by atoms with Gasteiger partial charge < -0.3 is 9.47 Å². The van der Waals surface area contributed by atoms with Crippen molar-refractivity contribution in [2.24, 2.45) is 0 Å². The van der Waals surface area contributed by atoms with Gasteiger partial charge in [0.2, 0.25) is 0 Å². The lowest BCUT2D eigenvalue weighted by molar-refractivity contribution is 0.00586. The van der Waals surface area contributed by atoms with Crippen molar-refractivity contribution in [1.29, 1.82) is 0 Å². The molecule has 0 amide bonds. The molecule has 0 fully saturated rings. The summed E-state index contributed by atoms with van der Waals surface area (Å²) in [5.41, 5.74) is 1.60. The fraction of sp³-hybridized carbons (Fsp3) is 0.0909. The lowest BCUT2D eigenvalue weighted by Gasteiger charge is -2.07. The number of aromatic nitrogens is 1. The van der Waals surface area contributed by atoms with E-state index < -0.39 is 10.0 Å². The van der Waals surface area contributed by atoms with Gasteiger partial charge in [-0.1, -0.05) is 60.7 Å². The van der Waals surface area contributed by atoms with Crippen molar-refractivity contribution < 1.29 is 17.9 Å². The summed E-state index contributed by atoms with van der Waals surface area (Å²) in [4.78, 5) is 0.225. The maximum Gasteiger partial charge on any atom is 0.268 e. The van der Waals surface area contributed by atoms with Crippen LogP contribution < -0.4 is 4.74 Å². The fourth-order valence-electron chi connectivity index (χ4n) is 2.98. The first-order valence-corrected chi connectivity index (χ1v) is 10.3. The molecule has 0 spiro atoms. The van der Waals surface area contributed by atoms with Gasteiger partial charge in [-0.3, -0.25) is 0 Å². The first kappa shape index (κ1) is 18.3. The molecule has 142 valence electrons. The van der Waals surface area contributed by atoms with E-state index in [-0.39, 0.29) is 11.7 Å². The Kier molecular flexibility index (Phi) is 5.14. The van der Waals surface area contributed by atoms with Crippen molar-refractivity contribution in [1.82, 2.24) is 3.97 Å². The predicted octanol–water partition coefficient (Wildman–Crippen LogP) is 4.43. The molecule has 0 saturated heterocycles. The average molecular weight is 393 g/mol. The molecule has 6 heteroatoms. The molecule has 1 aromatic heterocycles. The minimum atomic E-state index is -3.72. The smallest absolute Gasteiger partial charge is 0.268 e. The Morgan fingerprint density at radius 3 is 2.18 bits per heavy atom. The summed E-state index contributed by atoms with van der Waals surface area (Å²) < 4.78 is 38.7. The molecule has 0 unspecified atom stereocenters. The molecule has 28 heavy (non-hydrogen) atoms. The number of fused-ring (bicyclic) bond motifs is 1. The van der Waals surface area contributed by atoms with Crippen LogP contribution in [0.25, 0.3) is 10.9 Å². The number of para-hydroxylation sites is 1. The Bertz CT molecular complexity index is 1170. The lowest BCUT2D eigenvalue weighted by Crippen LogP contribution is -2.11. The van der Waals surface area contributed by atoms with E-state index in [1.54, 1.807) is 42.5 Å². The second-order valence-electron chi connectivity index (χ2n) is 6.22. The van der Waals surface area contributed by atoms with Crippen LogP contribution in [0.2, 0.25) is 0 Å². The van der Waals surface area contributed by atoms with Gasteiger partial charge in [0.25, 0.3) is 10.0 Å². The highest BCUT2D eigenvalue weighted by Crippen LogP contribution is 2.31. The van der Waals surface area contributed by atoms with E-state index >= 15 is 0 Å². The number of benzene rings is 3. The van der Waals surface area contributed by atoms with Gasteiger partial charge in [0.15, 0.2) is 6.79 Å². The molecule has 4 aromatic rings. The van der Waals surface area contributed by atoms with Crippen molar-refractivity contribution in [2.45, 2.75) is 11.5 Å². The zero-order valence-corrected chi connectivity index (χ0v) is 15.9. The number of hydrogen-bond acceptors (Lipinski definition) is 4. The third kappa shape index (κ3) is 3.65. The Labute approximate surface area is 163 Å². The van der Waals surface area contributed by atoms with E-state index in [0.717, 1.165) is 5.56 Å². The van der Waals surface area contributed by atoms with Crippen LogP contribution in [0.4, 0.5) is 0 Å². The maximum atomic E-state index is 13.1. The molecule has 0 aliphatic carbocycles. The van der Waals surface area contributed by atoms with Crippen molar-refractivity contribution in [3.63, 3.8) is 0 Å². The Morgan fingerprint density at radius 2 is 1.43 bits per heavy atom. The Hall–Kier alpha value is -3.09. The molecule has 0 atom stereocenters. The van der Waals surface area contributed by atoms with Crippen LogP contribution in [0.3, 0.4) is 0 Å². The molecule has 0 N–H and O–H groups in total. The zero-order valence-electron chi connectivity index (χ0n) is 15.1. The topological polar surface area (TPSA) is 57.5 Å². The van der Waals surface area contributed by atoms with Crippen LogP contribution in [-0.4, -0.2) is 19.2 Å². The Morgan fingerprint density at radius 1 is 0.786 bits per heavy atom. The molecule has 0 aliphatic rings. The summed E-state index contributed by atoms with van der Waals surface area (Å²) in [5.74, 6) is 0.461. The molecule has 3 aromatic carbocycles. The van der Waals surface area contributed by atoms with Crippen LogP contribution in [0.5, 0.6) is 5.75 Å². The Balaban J connectivity index is 1.58. The summed E-state index contributed by atoms with van der Waals surface area (Å²) in [7, 11) is -3.72. The molecule has 4 rings (SSSR count). The fourth-order valence-corrected chi connectivity index (χ4v) is 4.36. The highest BCUT2D eigenvalue weighted by molar-refractivity contribution is 7.90. The van der Waals surface area contributed by atoms with Crippen molar-refractivity contribution in [3.8, 4) is 5.75 Å². The number of ether oxygens (including phenoxy) is 2. The maximum absolute atomic E-state index is 13.1. The van der Waals surface area contributed by atoms with Gasteiger partial charge in [-0.15, -0.1) is 0 Å². The monoisotopic (exact) mass is 393 g/mol. The number of rotatable bonds is 7. The van der Waals surface area contributed by atoms with E-state index in [0.29, 0.717) is 23.3 Å².